The van der Waals surface area contributed by atoms with Gasteiger partial charge in [0.25, 0.3) is 0 Å². The van der Waals surface area contributed by atoms with Gasteiger partial charge in [-0.2, -0.15) is 0 Å². The van der Waals surface area contributed by atoms with Crippen LogP contribution >= 0.6 is 0 Å². The lowest BCUT2D eigenvalue weighted by atomic mass is 9.60. The number of rotatable bonds is 9. The minimum atomic E-state index is -0.615. The summed E-state index contributed by atoms with van der Waals surface area (Å²) < 4.78 is 0. The molecule has 2 saturated heterocycles. The van der Waals surface area contributed by atoms with Crippen LogP contribution in [0.5, 0.6) is 0 Å². The first-order chi connectivity index (χ1) is 14.8. The highest BCUT2D eigenvalue weighted by Gasteiger charge is 2.48. The van der Waals surface area contributed by atoms with Crippen molar-refractivity contribution < 1.29 is 14.4 Å². The van der Waals surface area contributed by atoms with Gasteiger partial charge in [0.05, 0.1) is 13.1 Å². The highest BCUT2D eigenvalue weighted by molar-refractivity contribution is 5.91. The summed E-state index contributed by atoms with van der Waals surface area (Å²) in [6, 6.07) is 0.149. The van der Waals surface area contributed by atoms with Crippen molar-refractivity contribution in [3.05, 3.63) is 0 Å². The molecule has 3 aliphatic rings. The average Bonchev–Trinajstić information content (AvgIpc) is 3.24. The van der Waals surface area contributed by atoms with Gasteiger partial charge in [0.15, 0.2) is 0 Å². The summed E-state index contributed by atoms with van der Waals surface area (Å²) in [6.45, 7) is 8.28. The maximum absolute atomic E-state index is 12.7. The fourth-order valence-corrected chi connectivity index (χ4v) is 5.45. The second kappa shape index (κ2) is 10.8. The van der Waals surface area contributed by atoms with E-state index in [9.17, 15) is 14.4 Å². The summed E-state index contributed by atoms with van der Waals surface area (Å²) in [5.74, 6) is -0.272. The van der Waals surface area contributed by atoms with Gasteiger partial charge in [-0.05, 0) is 76.4 Å². The van der Waals surface area contributed by atoms with Crippen LogP contribution in [0.1, 0.15) is 58.8 Å². The van der Waals surface area contributed by atoms with Crippen LogP contribution in [-0.2, 0) is 14.4 Å². The molecule has 1 spiro atoms. The van der Waals surface area contributed by atoms with E-state index >= 15 is 0 Å². The maximum Gasteiger partial charge on any atom is 0.243 e. The molecule has 2 aliphatic heterocycles. The van der Waals surface area contributed by atoms with E-state index in [0.717, 1.165) is 32.0 Å². The molecule has 31 heavy (non-hydrogen) atoms. The quantitative estimate of drug-likeness (QED) is 0.496. The molecule has 3 rings (SSSR count). The number of piperidine rings is 1. The van der Waals surface area contributed by atoms with E-state index in [1.165, 1.54) is 38.8 Å². The van der Waals surface area contributed by atoms with Gasteiger partial charge >= 0.3 is 0 Å². The highest BCUT2D eigenvalue weighted by Crippen LogP contribution is 2.51. The van der Waals surface area contributed by atoms with Gasteiger partial charge in [-0.3, -0.25) is 14.4 Å². The first-order valence-corrected chi connectivity index (χ1v) is 12.1. The van der Waals surface area contributed by atoms with Gasteiger partial charge < -0.3 is 25.8 Å². The summed E-state index contributed by atoms with van der Waals surface area (Å²) >= 11 is 0. The lowest BCUT2D eigenvalue weighted by molar-refractivity contribution is -0.137. The average molecular weight is 436 g/mol. The molecule has 3 amide bonds. The van der Waals surface area contributed by atoms with Crippen LogP contribution in [0.3, 0.4) is 0 Å². The summed E-state index contributed by atoms with van der Waals surface area (Å²) in [7, 11) is 1.69. The summed E-state index contributed by atoms with van der Waals surface area (Å²) in [4.78, 5) is 41.7. The van der Waals surface area contributed by atoms with Gasteiger partial charge in [-0.25, -0.2) is 0 Å². The van der Waals surface area contributed by atoms with Crippen LogP contribution < -0.4 is 16.0 Å². The predicted molar refractivity (Wildman–Crippen MR) is 120 cm³/mol. The van der Waals surface area contributed by atoms with Crippen molar-refractivity contribution in [3.63, 3.8) is 0 Å². The van der Waals surface area contributed by atoms with Crippen molar-refractivity contribution in [1.82, 2.24) is 25.8 Å². The van der Waals surface area contributed by atoms with E-state index in [4.69, 9.17) is 0 Å². The Morgan fingerprint density at radius 2 is 1.65 bits per heavy atom. The van der Waals surface area contributed by atoms with Crippen molar-refractivity contribution in [1.29, 1.82) is 0 Å². The van der Waals surface area contributed by atoms with Crippen molar-refractivity contribution in [2.75, 3.05) is 46.3 Å². The summed E-state index contributed by atoms with van der Waals surface area (Å²) in [5, 5.41) is 8.30. The topological polar surface area (TPSA) is 93.8 Å². The number of nitrogens with zero attached hydrogens (tertiary/aromatic N) is 2. The molecule has 1 saturated carbocycles. The molecule has 176 valence electrons. The lowest BCUT2D eigenvalue weighted by Crippen LogP contribution is -2.56. The fraction of sp³-hybridized carbons (Fsp3) is 0.870. The van der Waals surface area contributed by atoms with E-state index < -0.39 is 6.04 Å². The number of likely N-dealkylation sites (tertiary alicyclic amines) is 2. The molecule has 0 bridgehead atoms. The summed E-state index contributed by atoms with van der Waals surface area (Å²) in [6.07, 6.45) is 7.95. The van der Waals surface area contributed by atoms with E-state index in [0.29, 0.717) is 11.8 Å². The lowest BCUT2D eigenvalue weighted by Gasteiger charge is -2.54. The highest BCUT2D eigenvalue weighted by atomic mass is 16.2. The number of nitrogens with one attached hydrogen (secondary N) is 3. The SMILES string of the molecule is CNCC(=O)NC(CC(C)C)C(=O)NCC(=O)N1CCC2(CC1)CC(N1CCCC1)C2. The standard InChI is InChI=1S/C23H41N5O3/c1-17(2)12-19(26-20(29)15-24-3)22(31)25-16-21(30)28-10-6-23(7-11-28)13-18(14-23)27-8-4-5-9-27/h17-19,24H,4-16H2,1-3H3,(H,25,31)(H,26,29). The molecule has 0 aromatic carbocycles. The number of hydrogen-bond acceptors (Lipinski definition) is 5. The number of hydrogen-bond donors (Lipinski definition) is 3. The molecule has 1 aliphatic carbocycles. The Kier molecular flexibility index (Phi) is 8.33. The second-order valence-electron chi connectivity index (χ2n) is 10.2. The van der Waals surface area contributed by atoms with Gasteiger partial charge in [0.2, 0.25) is 17.7 Å². The Bertz CT molecular complexity index is 631. The van der Waals surface area contributed by atoms with E-state index in [-0.39, 0.29) is 36.7 Å². The number of carbonyl (C=O) groups excluding carboxylic acids is 3. The van der Waals surface area contributed by atoms with E-state index in [2.05, 4.69) is 20.9 Å². The molecule has 1 unspecified atom stereocenters. The van der Waals surface area contributed by atoms with Crippen LogP contribution in [0.25, 0.3) is 0 Å². The third kappa shape index (κ3) is 6.42. The van der Waals surface area contributed by atoms with E-state index in [1.807, 2.05) is 18.7 Å². The van der Waals surface area contributed by atoms with Crippen molar-refractivity contribution in [2.24, 2.45) is 11.3 Å². The minimum Gasteiger partial charge on any atom is -0.345 e. The van der Waals surface area contributed by atoms with Crippen molar-refractivity contribution in [2.45, 2.75) is 70.9 Å². The van der Waals surface area contributed by atoms with Crippen molar-refractivity contribution in [3.8, 4) is 0 Å². The molecule has 3 fully saturated rings. The molecule has 8 heteroatoms. The Balaban J connectivity index is 1.39. The van der Waals surface area contributed by atoms with E-state index in [1.54, 1.807) is 7.05 Å². The number of amides is 3. The third-order valence-electron chi connectivity index (χ3n) is 7.28. The monoisotopic (exact) mass is 435 g/mol. The molecule has 0 radical (unpaired) electrons. The van der Waals surface area contributed by atoms with Crippen molar-refractivity contribution >= 4 is 17.7 Å². The van der Waals surface area contributed by atoms with Crippen LogP contribution in [0.4, 0.5) is 0 Å². The molecule has 3 N–H and O–H groups in total. The minimum absolute atomic E-state index is 0.00126. The maximum atomic E-state index is 12.7. The molecule has 0 aromatic rings. The molecular weight excluding hydrogens is 394 g/mol. The third-order valence-corrected chi connectivity index (χ3v) is 7.28. The molecular formula is C23H41N5O3. The molecule has 1 atom stereocenters. The fourth-order valence-electron chi connectivity index (χ4n) is 5.45. The van der Waals surface area contributed by atoms with Crippen LogP contribution in [0.15, 0.2) is 0 Å². The smallest absolute Gasteiger partial charge is 0.243 e. The Morgan fingerprint density at radius 3 is 2.23 bits per heavy atom. The Morgan fingerprint density at radius 1 is 1.00 bits per heavy atom. The zero-order valence-corrected chi connectivity index (χ0v) is 19.5. The van der Waals surface area contributed by atoms with Crippen LogP contribution in [0, 0.1) is 11.3 Å². The molecule has 2 heterocycles. The Labute approximate surface area is 186 Å². The first kappa shape index (κ1) is 24.0. The number of carbonyl (C=O) groups is 3. The van der Waals surface area contributed by atoms with Crippen LogP contribution in [0.2, 0.25) is 0 Å². The predicted octanol–water partition coefficient (Wildman–Crippen LogP) is 0.720. The second-order valence-corrected chi connectivity index (χ2v) is 10.2. The van der Waals surface area contributed by atoms with Gasteiger partial charge in [-0.15, -0.1) is 0 Å². The molecule has 0 aromatic heterocycles. The normalized spacial score (nSPS) is 22.4. The van der Waals surface area contributed by atoms with Gasteiger partial charge in [-0.1, -0.05) is 13.8 Å². The van der Waals surface area contributed by atoms with Gasteiger partial charge in [0, 0.05) is 19.1 Å². The summed E-state index contributed by atoms with van der Waals surface area (Å²) in [5.41, 5.74) is 0.438. The molecule has 8 nitrogen and oxygen atoms in total. The van der Waals surface area contributed by atoms with Gasteiger partial charge in [0.1, 0.15) is 6.04 Å². The first-order valence-electron chi connectivity index (χ1n) is 12.1. The zero-order chi connectivity index (χ0) is 22.4. The van der Waals surface area contributed by atoms with Crippen LogP contribution in [-0.4, -0.2) is 85.9 Å². The number of likely N-dealkylation sites (N-methyl/N-ethyl adjacent to an activating group) is 1. The largest absolute Gasteiger partial charge is 0.345 e. The zero-order valence-electron chi connectivity index (χ0n) is 19.5. The Hall–Kier alpha value is -1.67.